The summed E-state index contributed by atoms with van der Waals surface area (Å²) >= 11 is 0. The van der Waals surface area contributed by atoms with Crippen molar-refractivity contribution in [2.45, 2.75) is 33.6 Å². The maximum absolute atomic E-state index is 12.0. The van der Waals surface area contributed by atoms with Gasteiger partial charge in [0, 0.05) is 20.0 Å². The first kappa shape index (κ1) is 15.5. The van der Waals surface area contributed by atoms with Crippen LogP contribution >= 0.6 is 0 Å². The smallest absolute Gasteiger partial charge is 0.222 e. The number of carbonyl (C=O) groups excluding carboxylic acids is 1. The summed E-state index contributed by atoms with van der Waals surface area (Å²) in [6.45, 7) is 7.19. The highest BCUT2D eigenvalue weighted by molar-refractivity contribution is 5.76. The van der Waals surface area contributed by atoms with Gasteiger partial charge in [-0.15, -0.1) is 0 Å². The molecule has 0 saturated carbocycles. The summed E-state index contributed by atoms with van der Waals surface area (Å²) in [4.78, 5) is 13.9. The van der Waals surface area contributed by atoms with Crippen LogP contribution in [0, 0.1) is 5.41 Å². The monoisotopic (exact) mass is 263 g/mol. The molecular formula is C16H25NO2. The predicted molar refractivity (Wildman–Crippen MR) is 78.4 cm³/mol. The van der Waals surface area contributed by atoms with Gasteiger partial charge in [-0.3, -0.25) is 4.79 Å². The zero-order valence-electron chi connectivity index (χ0n) is 12.7. The molecule has 0 atom stereocenters. The molecule has 0 heterocycles. The quantitative estimate of drug-likeness (QED) is 0.817. The van der Waals surface area contributed by atoms with Crippen LogP contribution in [0.4, 0.5) is 0 Å². The van der Waals surface area contributed by atoms with Crippen molar-refractivity contribution in [3.63, 3.8) is 0 Å². The van der Waals surface area contributed by atoms with E-state index in [2.05, 4.69) is 20.8 Å². The van der Waals surface area contributed by atoms with Crippen molar-refractivity contribution >= 4 is 5.91 Å². The summed E-state index contributed by atoms with van der Waals surface area (Å²) in [6, 6.07) is 7.88. The van der Waals surface area contributed by atoms with Crippen LogP contribution in [-0.4, -0.2) is 31.5 Å². The summed E-state index contributed by atoms with van der Waals surface area (Å²) in [5.41, 5.74) is 1.28. The summed E-state index contributed by atoms with van der Waals surface area (Å²) in [7, 11) is 3.53. The van der Waals surface area contributed by atoms with Crippen LogP contribution in [0.1, 0.15) is 32.8 Å². The molecule has 0 saturated heterocycles. The molecule has 19 heavy (non-hydrogen) atoms. The standard InChI is InChI=1S/C16H25NO2/c1-16(2,3)12-17(4)15(18)10-9-13-7-6-8-14(11-13)19-5/h6-8,11H,9-10,12H2,1-5H3. The molecule has 106 valence electrons. The largest absolute Gasteiger partial charge is 0.497 e. The molecule has 1 aromatic rings. The lowest BCUT2D eigenvalue weighted by molar-refractivity contribution is -0.131. The first-order valence-electron chi connectivity index (χ1n) is 6.69. The highest BCUT2D eigenvalue weighted by Gasteiger charge is 2.17. The average Bonchev–Trinajstić information content (AvgIpc) is 2.34. The van der Waals surface area contributed by atoms with Gasteiger partial charge in [0.2, 0.25) is 5.91 Å². The minimum absolute atomic E-state index is 0.139. The molecule has 3 heteroatoms. The summed E-state index contributed by atoms with van der Waals surface area (Å²) in [5, 5.41) is 0. The van der Waals surface area contributed by atoms with Crippen molar-refractivity contribution in [2.24, 2.45) is 5.41 Å². The van der Waals surface area contributed by atoms with E-state index >= 15 is 0 Å². The Morgan fingerprint density at radius 3 is 2.58 bits per heavy atom. The number of benzene rings is 1. The molecule has 0 fully saturated rings. The first-order valence-corrected chi connectivity index (χ1v) is 6.69. The molecule has 1 rings (SSSR count). The van der Waals surface area contributed by atoms with E-state index in [1.165, 1.54) is 0 Å². The van der Waals surface area contributed by atoms with Crippen molar-refractivity contribution in [2.75, 3.05) is 20.7 Å². The lowest BCUT2D eigenvalue weighted by atomic mass is 9.96. The lowest BCUT2D eigenvalue weighted by Crippen LogP contribution is -2.34. The molecule has 0 spiro atoms. The fraction of sp³-hybridized carbons (Fsp3) is 0.562. The number of ether oxygens (including phenoxy) is 1. The van der Waals surface area contributed by atoms with Gasteiger partial charge in [0.25, 0.3) is 0 Å². The highest BCUT2D eigenvalue weighted by Crippen LogP contribution is 2.16. The van der Waals surface area contributed by atoms with E-state index in [1.54, 1.807) is 7.11 Å². The number of hydrogen-bond acceptors (Lipinski definition) is 2. The van der Waals surface area contributed by atoms with Crippen LogP contribution in [-0.2, 0) is 11.2 Å². The number of hydrogen-bond donors (Lipinski definition) is 0. The Bertz CT molecular complexity index is 421. The fourth-order valence-electron chi connectivity index (χ4n) is 2.07. The van der Waals surface area contributed by atoms with E-state index < -0.39 is 0 Å². The third-order valence-electron chi connectivity index (χ3n) is 2.90. The number of methoxy groups -OCH3 is 1. The van der Waals surface area contributed by atoms with Crippen LogP contribution in [0.25, 0.3) is 0 Å². The van der Waals surface area contributed by atoms with Crippen molar-refractivity contribution in [1.82, 2.24) is 4.90 Å². The van der Waals surface area contributed by atoms with Crippen LogP contribution in [0.2, 0.25) is 0 Å². The normalized spacial score (nSPS) is 11.2. The molecule has 0 unspecified atom stereocenters. The van der Waals surface area contributed by atoms with E-state index in [0.717, 1.165) is 24.3 Å². The van der Waals surface area contributed by atoms with Gasteiger partial charge in [0.05, 0.1) is 7.11 Å². The Morgan fingerprint density at radius 2 is 2.00 bits per heavy atom. The summed E-state index contributed by atoms with van der Waals surface area (Å²) in [6.07, 6.45) is 1.30. The van der Waals surface area contributed by atoms with Crippen molar-refractivity contribution < 1.29 is 9.53 Å². The maximum Gasteiger partial charge on any atom is 0.222 e. The molecule has 0 aromatic heterocycles. The van der Waals surface area contributed by atoms with E-state index in [9.17, 15) is 4.79 Å². The van der Waals surface area contributed by atoms with Gasteiger partial charge >= 0.3 is 0 Å². The molecule has 3 nitrogen and oxygen atoms in total. The molecule has 1 amide bonds. The zero-order valence-corrected chi connectivity index (χ0v) is 12.7. The Balaban J connectivity index is 2.49. The van der Waals surface area contributed by atoms with Crippen LogP contribution in [0.5, 0.6) is 5.75 Å². The number of aryl methyl sites for hydroxylation is 1. The van der Waals surface area contributed by atoms with Gasteiger partial charge in [-0.25, -0.2) is 0 Å². The average molecular weight is 263 g/mol. The number of rotatable bonds is 5. The second kappa shape index (κ2) is 6.60. The van der Waals surface area contributed by atoms with Gasteiger partial charge in [-0.2, -0.15) is 0 Å². The van der Waals surface area contributed by atoms with Crippen molar-refractivity contribution in [3.8, 4) is 5.75 Å². The SMILES string of the molecule is COc1cccc(CCC(=O)N(C)CC(C)(C)C)c1. The Kier molecular flexibility index (Phi) is 5.40. The van der Waals surface area contributed by atoms with Gasteiger partial charge in [-0.1, -0.05) is 32.9 Å². The topological polar surface area (TPSA) is 29.5 Å². The van der Waals surface area contributed by atoms with Crippen LogP contribution in [0.15, 0.2) is 24.3 Å². The van der Waals surface area contributed by atoms with Crippen LogP contribution in [0.3, 0.4) is 0 Å². The number of nitrogens with zero attached hydrogens (tertiary/aromatic N) is 1. The molecule has 0 aliphatic heterocycles. The van der Waals surface area contributed by atoms with Gasteiger partial charge in [0.15, 0.2) is 0 Å². The second-order valence-electron chi connectivity index (χ2n) is 6.16. The third kappa shape index (κ3) is 5.77. The third-order valence-corrected chi connectivity index (χ3v) is 2.90. The molecule has 0 N–H and O–H groups in total. The molecular weight excluding hydrogens is 238 g/mol. The van der Waals surface area contributed by atoms with Crippen molar-refractivity contribution in [1.29, 1.82) is 0 Å². The second-order valence-corrected chi connectivity index (χ2v) is 6.16. The predicted octanol–water partition coefficient (Wildman–Crippen LogP) is 3.13. The lowest BCUT2D eigenvalue weighted by Gasteiger charge is -2.26. The van der Waals surface area contributed by atoms with Crippen molar-refractivity contribution in [3.05, 3.63) is 29.8 Å². The molecule has 1 aromatic carbocycles. The maximum atomic E-state index is 12.0. The minimum atomic E-state index is 0.139. The summed E-state index contributed by atoms with van der Waals surface area (Å²) in [5.74, 6) is 1.03. The van der Waals surface area contributed by atoms with E-state index in [1.807, 2.05) is 36.2 Å². The molecule has 0 aliphatic rings. The van der Waals surface area contributed by atoms with E-state index in [0.29, 0.717) is 6.42 Å². The van der Waals surface area contributed by atoms with Crippen LogP contribution < -0.4 is 4.74 Å². The Hall–Kier alpha value is -1.51. The summed E-state index contributed by atoms with van der Waals surface area (Å²) < 4.78 is 5.18. The fourth-order valence-corrected chi connectivity index (χ4v) is 2.07. The van der Waals surface area contributed by atoms with E-state index in [-0.39, 0.29) is 11.3 Å². The van der Waals surface area contributed by atoms with Gasteiger partial charge in [-0.05, 0) is 29.5 Å². The number of carbonyl (C=O) groups is 1. The minimum Gasteiger partial charge on any atom is -0.497 e. The first-order chi connectivity index (χ1) is 8.81. The Labute approximate surface area is 116 Å². The highest BCUT2D eigenvalue weighted by atomic mass is 16.5. The van der Waals surface area contributed by atoms with Gasteiger partial charge in [0.1, 0.15) is 5.75 Å². The number of amides is 1. The molecule has 0 aliphatic carbocycles. The molecule has 0 radical (unpaired) electrons. The molecule has 0 bridgehead atoms. The van der Waals surface area contributed by atoms with Gasteiger partial charge < -0.3 is 9.64 Å². The van der Waals surface area contributed by atoms with E-state index in [4.69, 9.17) is 4.74 Å². The Morgan fingerprint density at radius 1 is 1.32 bits per heavy atom. The zero-order chi connectivity index (χ0) is 14.5.